The predicted octanol–water partition coefficient (Wildman–Crippen LogP) is 22.9. The molecule has 0 aliphatic heterocycles. The molecule has 0 saturated carbocycles. The van der Waals surface area contributed by atoms with Gasteiger partial charge in [-0.2, -0.15) is 0 Å². The van der Waals surface area contributed by atoms with Gasteiger partial charge in [0, 0.05) is 25.7 Å². The Labute approximate surface area is 618 Å². The van der Waals surface area contributed by atoms with E-state index in [2.05, 4.69) is 137 Å². The normalized spacial score (nSPS) is 14.6. The molecule has 102 heavy (non-hydrogen) atoms. The van der Waals surface area contributed by atoms with E-state index < -0.39 is 97.5 Å². The molecule has 0 bridgehead atoms. The molecule has 0 aromatic carbocycles. The van der Waals surface area contributed by atoms with Gasteiger partial charge in [0.2, 0.25) is 0 Å². The molecule has 0 spiro atoms. The summed E-state index contributed by atoms with van der Waals surface area (Å²) in [5, 5.41) is 10.6. The van der Waals surface area contributed by atoms with Gasteiger partial charge in [-0.05, 0) is 154 Å². The first-order valence-electron chi connectivity index (χ1n) is 39.4. The topological polar surface area (TPSA) is 237 Å². The number of ether oxygens (including phenoxy) is 4. The highest BCUT2D eigenvalue weighted by atomic mass is 31.2. The molecular weight excluding hydrogens is 1330 g/mol. The van der Waals surface area contributed by atoms with Gasteiger partial charge < -0.3 is 33.8 Å². The second kappa shape index (κ2) is 74.5. The molecule has 0 aromatic rings. The van der Waals surface area contributed by atoms with Crippen LogP contribution < -0.4 is 0 Å². The van der Waals surface area contributed by atoms with E-state index in [0.29, 0.717) is 38.5 Å². The minimum atomic E-state index is -5.00. The fraction of sp³-hybridized carbons (Fsp3) is 0.687. The lowest BCUT2D eigenvalue weighted by atomic mass is 10.1. The first-order valence-corrected chi connectivity index (χ1v) is 42.4. The van der Waals surface area contributed by atoms with Crippen molar-refractivity contribution in [3.05, 3.63) is 134 Å². The molecule has 19 heteroatoms. The first-order chi connectivity index (χ1) is 49.7. The maximum absolute atomic E-state index is 13.1. The Morgan fingerprint density at radius 1 is 0.284 bits per heavy atom. The molecule has 17 nitrogen and oxygen atoms in total. The van der Waals surface area contributed by atoms with E-state index in [1.165, 1.54) is 89.9 Å². The third-order valence-corrected chi connectivity index (χ3v) is 18.0. The van der Waals surface area contributed by atoms with E-state index in [1.807, 2.05) is 24.3 Å². The van der Waals surface area contributed by atoms with Crippen LogP contribution in [0.3, 0.4) is 0 Å². The number of hydrogen-bond donors (Lipinski definition) is 3. The summed E-state index contributed by atoms with van der Waals surface area (Å²) in [6, 6.07) is 0. The van der Waals surface area contributed by atoms with Crippen LogP contribution in [0.4, 0.5) is 0 Å². The van der Waals surface area contributed by atoms with Crippen LogP contribution in [0.2, 0.25) is 0 Å². The minimum Gasteiger partial charge on any atom is -0.462 e. The summed E-state index contributed by atoms with van der Waals surface area (Å²) in [6.07, 6.45) is 83.0. The highest BCUT2D eigenvalue weighted by Gasteiger charge is 2.30. The lowest BCUT2D eigenvalue weighted by Crippen LogP contribution is -2.30. The molecule has 3 N–H and O–H groups in total. The Kier molecular flexibility index (Phi) is 71.0. The number of carbonyl (C=O) groups excluding carboxylic acids is 4. The van der Waals surface area contributed by atoms with Gasteiger partial charge in [0.05, 0.1) is 26.4 Å². The third-order valence-electron chi connectivity index (χ3n) is 16.1. The number of aliphatic hydroxyl groups is 1. The van der Waals surface area contributed by atoms with Crippen molar-refractivity contribution in [1.82, 2.24) is 0 Å². The number of phosphoric acid groups is 2. The van der Waals surface area contributed by atoms with E-state index in [9.17, 15) is 43.2 Å². The van der Waals surface area contributed by atoms with E-state index in [1.54, 1.807) is 0 Å². The van der Waals surface area contributed by atoms with Gasteiger partial charge >= 0.3 is 39.5 Å². The number of allylic oxidation sites excluding steroid dienone is 22. The van der Waals surface area contributed by atoms with Crippen molar-refractivity contribution in [1.29, 1.82) is 0 Å². The highest BCUT2D eigenvalue weighted by molar-refractivity contribution is 7.47. The fourth-order valence-corrected chi connectivity index (χ4v) is 11.6. The Bertz CT molecular complexity index is 2460. The lowest BCUT2D eigenvalue weighted by Gasteiger charge is -2.21. The van der Waals surface area contributed by atoms with Crippen LogP contribution in [-0.4, -0.2) is 96.7 Å². The summed E-state index contributed by atoms with van der Waals surface area (Å²) in [7, 11) is -10.00. The quantitative estimate of drug-likeness (QED) is 0.0128. The van der Waals surface area contributed by atoms with Gasteiger partial charge in [-0.25, -0.2) is 9.13 Å². The van der Waals surface area contributed by atoms with Crippen molar-refractivity contribution in [3.63, 3.8) is 0 Å². The van der Waals surface area contributed by atoms with Gasteiger partial charge in [0.25, 0.3) is 0 Å². The summed E-state index contributed by atoms with van der Waals surface area (Å²) < 4.78 is 68.4. The molecule has 0 fully saturated rings. The van der Waals surface area contributed by atoms with Crippen LogP contribution >= 0.6 is 15.6 Å². The largest absolute Gasteiger partial charge is 0.472 e. The minimum absolute atomic E-state index is 0.0115. The average Bonchev–Trinajstić information content (AvgIpc) is 0.909. The Balaban J connectivity index is 5.47. The van der Waals surface area contributed by atoms with E-state index in [0.717, 1.165) is 128 Å². The summed E-state index contributed by atoms with van der Waals surface area (Å²) >= 11 is 0. The van der Waals surface area contributed by atoms with Gasteiger partial charge in [-0.1, -0.05) is 264 Å². The van der Waals surface area contributed by atoms with Crippen LogP contribution in [0.15, 0.2) is 134 Å². The van der Waals surface area contributed by atoms with E-state index in [4.69, 9.17) is 37.0 Å². The third kappa shape index (κ3) is 73.5. The predicted molar refractivity (Wildman–Crippen MR) is 418 cm³/mol. The van der Waals surface area contributed by atoms with Crippen LogP contribution in [0.25, 0.3) is 0 Å². The second-order valence-electron chi connectivity index (χ2n) is 26.0. The summed E-state index contributed by atoms with van der Waals surface area (Å²) in [5.41, 5.74) is 0. The van der Waals surface area contributed by atoms with Crippen molar-refractivity contribution in [2.45, 2.75) is 329 Å². The smallest absolute Gasteiger partial charge is 0.462 e. The Morgan fingerprint density at radius 2 is 0.520 bits per heavy atom. The standard InChI is InChI=1S/C83H140O17P2/c1-5-9-13-17-21-25-29-33-36-38-41-45-48-52-56-60-64-68-81(86)94-73-78(99-82(87)69-65-61-57-53-49-43-32-28-24-20-16-12-8-4)75-97-101(89,90)95-71-77(84)72-96-102(91,92)98-76-79(74-93-80(85)67-63-59-55-51-47-44-40-35-31-27-23-19-15-11-7-3)100-83(88)70-66-62-58-54-50-46-42-39-37-34-30-26-22-18-14-10-6-2/h21-22,25-28,31-37,40-42,45-46,52,54,56,58,77-79,84H,5-20,23-24,29-30,38-39,43-44,47-51,53,55,57,59-76H2,1-4H3,(H,89,90)(H,91,92)/b25-21-,26-22-,31-27-,32-28-,36-33-,37-34-,40-35-,45-41-,46-42-,56-52-,58-54-/t77-,78+,79+/m0/s1. The monoisotopic (exact) mass is 1470 g/mol. The van der Waals surface area contributed by atoms with E-state index in [-0.39, 0.29) is 25.7 Å². The number of carbonyl (C=O) groups is 4. The van der Waals surface area contributed by atoms with Crippen molar-refractivity contribution in [2.24, 2.45) is 0 Å². The van der Waals surface area contributed by atoms with Crippen LogP contribution in [0.5, 0.6) is 0 Å². The van der Waals surface area contributed by atoms with Crippen LogP contribution in [0.1, 0.15) is 310 Å². The molecule has 0 saturated heterocycles. The maximum atomic E-state index is 13.1. The van der Waals surface area contributed by atoms with Crippen molar-refractivity contribution in [3.8, 4) is 0 Å². The maximum Gasteiger partial charge on any atom is 0.472 e. The van der Waals surface area contributed by atoms with Gasteiger partial charge in [0.15, 0.2) is 12.2 Å². The molecule has 584 valence electrons. The zero-order valence-corrected chi connectivity index (χ0v) is 65.5. The Hall–Kier alpha value is -4.80. The number of unbranched alkanes of at least 4 members (excludes halogenated alkanes) is 26. The number of aliphatic hydroxyl groups excluding tert-OH is 1. The highest BCUT2D eigenvalue weighted by Crippen LogP contribution is 2.45. The number of esters is 4. The molecule has 0 aliphatic carbocycles. The summed E-state index contributed by atoms with van der Waals surface area (Å²) in [6.45, 7) is 4.63. The summed E-state index contributed by atoms with van der Waals surface area (Å²) in [5.74, 6) is -2.33. The van der Waals surface area contributed by atoms with Crippen molar-refractivity contribution in [2.75, 3.05) is 39.6 Å². The molecule has 0 heterocycles. The number of hydrogen-bond acceptors (Lipinski definition) is 15. The summed E-state index contributed by atoms with van der Waals surface area (Å²) in [4.78, 5) is 72.9. The van der Waals surface area contributed by atoms with Crippen LogP contribution in [-0.2, 0) is 65.4 Å². The van der Waals surface area contributed by atoms with Crippen molar-refractivity contribution >= 4 is 39.5 Å². The zero-order chi connectivity index (χ0) is 74.6. The number of phosphoric ester groups is 2. The number of rotatable bonds is 73. The SMILES string of the molecule is CCCCC/C=C\C/C=C\C/C=C\C/C=C\CCCC(=O)OC[C@H](COP(=O)(O)OC[C@H](O)COP(=O)(O)OC[C@@H](COC(=O)CCCCCCC/C=C\C=C/CCCCCC)OC(=O)CCC/C=C\C/C=C\C/C=C\C/C=C\CCCCC)OC(=O)CCCCCCC/C=C\CCCCCC. The molecular formula is C83H140O17P2. The molecule has 0 radical (unpaired) electrons. The van der Waals surface area contributed by atoms with E-state index >= 15 is 0 Å². The molecule has 0 aromatic heterocycles. The second-order valence-corrected chi connectivity index (χ2v) is 28.9. The van der Waals surface area contributed by atoms with Crippen molar-refractivity contribution < 1.29 is 80.2 Å². The van der Waals surface area contributed by atoms with Gasteiger partial charge in [-0.3, -0.25) is 37.3 Å². The lowest BCUT2D eigenvalue weighted by molar-refractivity contribution is -0.161. The van der Waals surface area contributed by atoms with Gasteiger partial charge in [-0.15, -0.1) is 0 Å². The molecule has 5 atom stereocenters. The molecule has 2 unspecified atom stereocenters. The Morgan fingerprint density at radius 3 is 0.873 bits per heavy atom. The first kappa shape index (κ1) is 97.2. The fourth-order valence-electron chi connectivity index (χ4n) is 10.0. The van der Waals surface area contributed by atoms with Crippen LogP contribution in [0, 0.1) is 0 Å². The van der Waals surface area contributed by atoms with Gasteiger partial charge in [0.1, 0.15) is 19.3 Å². The molecule has 0 rings (SSSR count). The molecule has 0 aliphatic rings. The molecule has 0 amide bonds. The zero-order valence-electron chi connectivity index (χ0n) is 63.7. The average molecular weight is 1470 g/mol.